The lowest BCUT2D eigenvalue weighted by atomic mass is 9.86. The average molecular weight is 616 g/mol. The van der Waals surface area contributed by atoms with Gasteiger partial charge in [-0.2, -0.15) is 0 Å². The Labute approximate surface area is 259 Å². The molecule has 0 saturated carbocycles. The van der Waals surface area contributed by atoms with Crippen molar-refractivity contribution >= 4 is 25.7 Å². The van der Waals surface area contributed by atoms with Gasteiger partial charge in [0.2, 0.25) is 8.38 Å². The number of esters is 1. The third kappa shape index (κ3) is 7.36. The second kappa shape index (κ2) is 13.7. The van der Waals surface area contributed by atoms with E-state index in [0.717, 1.165) is 22.3 Å². The molecule has 0 radical (unpaired) electrons. The van der Waals surface area contributed by atoms with E-state index in [1.54, 1.807) is 12.1 Å². The first-order chi connectivity index (χ1) is 21.1. The summed E-state index contributed by atoms with van der Waals surface area (Å²) in [6.07, 6.45) is 0. The van der Waals surface area contributed by atoms with E-state index >= 15 is 0 Å². The molecule has 0 aromatic heterocycles. The Hall–Kier alpha value is -4.04. The number of anilines is 1. The van der Waals surface area contributed by atoms with Crippen molar-refractivity contribution in [2.75, 3.05) is 31.3 Å². The van der Waals surface area contributed by atoms with Crippen molar-refractivity contribution in [2.24, 2.45) is 5.41 Å². The van der Waals surface area contributed by atoms with Gasteiger partial charge in [0.1, 0.15) is 6.61 Å². The molecule has 3 aromatic rings. The summed E-state index contributed by atoms with van der Waals surface area (Å²) < 4.78 is 18.5. The number of nitrogens with zero attached hydrogens (tertiary/aromatic N) is 2. The van der Waals surface area contributed by atoms with Gasteiger partial charge in [0.05, 0.1) is 30.3 Å². The van der Waals surface area contributed by atoms with Crippen molar-refractivity contribution in [1.82, 2.24) is 5.32 Å². The van der Waals surface area contributed by atoms with Crippen LogP contribution >= 0.6 is 8.38 Å². The molecule has 1 saturated heterocycles. The largest absolute Gasteiger partial charge is 0.460 e. The fourth-order valence-electron chi connectivity index (χ4n) is 5.39. The van der Waals surface area contributed by atoms with E-state index in [9.17, 15) is 14.9 Å². The van der Waals surface area contributed by atoms with E-state index in [2.05, 4.69) is 36.2 Å². The van der Waals surface area contributed by atoms with Crippen LogP contribution in [0, 0.1) is 15.5 Å². The monoisotopic (exact) mass is 615 g/mol. The topological polar surface area (TPSA) is 103 Å². The summed E-state index contributed by atoms with van der Waals surface area (Å²) in [5, 5.41) is 15.8. The van der Waals surface area contributed by atoms with Gasteiger partial charge in [0.25, 0.3) is 5.69 Å². The molecule has 1 fully saturated rings. The molecule has 3 aromatic carbocycles. The molecule has 10 heteroatoms. The molecule has 1 unspecified atom stereocenters. The number of nitro benzene ring substituents is 1. The highest BCUT2D eigenvalue weighted by Gasteiger charge is 2.42. The molecule has 2 aliphatic heterocycles. The fraction of sp³-hybridized carbons (Fsp3) is 0.324. The number of allylic oxidation sites excluding steroid dienone is 3. The lowest BCUT2D eigenvalue weighted by Gasteiger charge is -2.39. The van der Waals surface area contributed by atoms with Crippen molar-refractivity contribution in [3.63, 3.8) is 0 Å². The summed E-state index contributed by atoms with van der Waals surface area (Å²) in [6.45, 7) is 10.2. The first-order valence-corrected chi connectivity index (χ1v) is 15.8. The molecule has 0 bridgehead atoms. The predicted octanol–water partition coefficient (Wildman–Crippen LogP) is 7.42. The number of para-hydroxylation sites is 1. The number of carbonyl (C=O) groups excluding carboxylic acids is 1. The SMILES string of the molecule is CC1=C(C(=O)OCCN(Cc2ccccc2)c2ccccc2)C(c2cccc([N+](=O)[O-])c2)C(P2OCC(C)(C)CO2)=C(C)N1. The van der Waals surface area contributed by atoms with Gasteiger partial charge in [-0.1, -0.05) is 74.5 Å². The molecular formula is C34H38N3O6P. The highest BCUT2D eigenvalue weighted by atomic mass is 31.2. The van der Waals surface area contributed by atoms with Crippen molar-refractivity contribution in [1.29, 1.82) is 0 Å². The van der Waals surface area contributed by atoms with Crippen molar-refractivity contribution in [2.45, 2.75) is 40.2 Å². The number of dihydropyridines is 1. The van der Waals surface area contributed by atoms with Gasteiger partial charge in [-0.05, 0) is 37.1 Å². The van der Waals surface area contributed by atoms with Crippen LogP contribution in [0.1, 0.15) is 44.7 Å². The first kappa shape index (κ1) is 31.4. The van der Waals surface area contributed by atoms with Crippen LogP contribution in [-0.4, -0.2) is 37.3 Å². The Morgan fingerprint density at radius 2 is 1.66 bits per heavy atom. The average Bonchev–Trinajstić information content (AvgIpc) is 3.01. The number of carbonyl (C=O) groups is 1. The lowest BCUT2D eigenvalue weighted by Crippen LogP contribution is -2.33. The van der Waals surface area contributed by atoms with E-state index in [-0.39, 0.29) is 17.7 Å². The fourth-order valence-corrected chi connectivity index (χ4v) is 7.50. The number of hydrogen-bond acceptors (Lipinski definition) is 8. The quantitative estimate of drug-likeness (QED) is 0.109. The van der Waals surface area contributed by atoms with Crippen molar-refractivity contribution < 1.29 is 23.5 Å². The standard InChI is InChI=1S/C34H38N3O6P/c1-24-30(33(38)41-19-18-36(28-15-9-6-10-16-28)21-26-12-7-5-8-13-26)31(27-14-11-17-29(20-27)37(39)40)32(25(2)35-24)44-42-22-34(3,4)23-43-44/h5-17,20,31,35H,18-19,21-23H2,1-4H3. The predicted molar refractivity (Wildman–Crippen MR) is 172 cm³/mol. The molecule has 1 atom stereocenters. The van der Waals surface area contributed by atoms with Crippen LogP contribution in [0.5, 0.6) is 0 Å². The Morgan fingerprint density at radius 1 is 1.00 bits per heavy atom. The third-order valence-corrected chi connectivity index (χ3v) is 9.35. The Balaban J connectivity index is 1.41. The van der Waals surface area contributed by atoms with Crippen LogP contribution < -0.4 is 10.2 Å². The van der Waals surface area contributed by atoms with Gasteiger partial charge in [-0.15, -0.1) is 0 Å². The van der Waals surface area contributed by atoms with Gasteiger partial charge >= 0.3 is 5.97 Å². The molecule has 9 nitrogen and oxygen atoms in total. The maximum Gasteiger partial charge on any atom is 0.336 e. The van der Waals surface area contributed by atoms with E-state index in [4.69, 9.17) is 13.8 Å². The molecule has 0 spiro atoms. The zero-order valence-electron chi connectivity index (χ0n) is 25.5. The van der Waals surface area contributed by atoms with Gasteiger partial charge in [-0.3, -0.25) is 10.1 Å². The van der Waals surface area contributed by atoms with Crippen molar-refractivity contribution in [3.05, 3.63) is 128 Å². The minimum absolute atomic E-state index is 0.0535. The molecule has 2 aliphatic rings. The molecule has 5 rings (SSSR count). The van der Waals surface area contributed by atoms with Gasteiger partial charge in [0, 0.05) is 52.4 Å². The molecule has 44 heavy (non-hydrogen) atoms. The molecule has 0 amide bonds. The maximum atomic E-state index is 14.0. The summed E-state index contributed by atoms with van der Waals surface area (Å²) in [7, 11) is -1.53. The first-order valence-electron chi connectivity index (χ1n) is 14.6. The normalized spacial score (nSPS) is 18.5. The van der Waals surface area contributed by atoms with Crippen LogP contribution in [0.2, 0.25) is 0 Å². The minimum Gasteiger partial charge on any atom is -0.460 e. The summed E-state index contributed by atoms with van der Waals surface area (Å²) in [5.41, 5.74) is 4.40. The Kier molecular flexibility index (Phi) is 9.79. The molecule has 2 heterocycles. The van der Waals surface area contributed by atoms with Crippen molar-refractivity contribution in [3.8, 4) is 0 Å². The number of nitrogens with one attached hydrogen (secondary N) is 1. The van der Waals surface area contributed by atoms with Gasteiger partial charge in [0.15, 0.2) is 0 Å². The van der Waals surface area contributed by atoms with Crippen LogP contribution in [0.15, 0.2) is 107 Å². The number of hydrogen-bond donors (Lipinski definition) is 1. The second-order valence-corrected chi connectivity index (χ2v) is 13.3. The Bertz CT molecular complexity index is 1550. The lowest BCUT2D eigenvalue weighted by molar-refractivity contribution is -0.384. The number of benzene rings is 3. The van der Waals surface area contributed by atoms with Crippen LogP contribution in [0.4, 0.5) is 11.4 Å². The van der Waals surface area contributed by atoms with E-state index < -0.39 is 25.2 Å². The van der Waals surface area contributed by atoms with Crippen LogP contribution in [0.3, 0.4) is 0 Å². The smallest absolute Gasteiger partial charge is 0.336 e. The summed E-state index contributed by atoms with van der Waals surface area (Å²) in [6, 6.07) is 26.6. The zero-order chi connectivity index (χ0) is 31.3. The van der Waals surface area contributed by atoms with E-state index in [0.29, 0.717) is 43.1 Å². The van der Waals surface area contributed by atoms with Gasteiger partial charge < -0.3 is 24.0 Å². The number of nitro groups is 1. The summed E-state index contributed by atoms with van der Waals surface area (Å²) in [4.78, 5) is 27.4. The van der Waals surface area contributed by atoms with E-state index in [1.165, 1.54) is 12.1 Å². The second-order valence-electron chi connectivity index (χ2n) is 11.8. The highest BCUT2D eigenvalue weighted by molar-refractivity contribution is 7.52. The molecule has 0 aliphatic carbocycles. The molecular weight excluding hydrogens is 577 g/mol. The van der Waals surface area contributed by atoms with Crippen LogP contribution in [0.25, 0.3) is 0 Å². The number of rotatable bonds is 10. The molecule has 1 N–H and O–H groups in total. The number of non-ortho nitro benzene ring substituents is 1. The third-order valence-electron chi connectivity index (χ3n) is 7.63. The zero-order valence-corrected chi connectivity index (χ0v) is 26.4. The summed E-state index contributed by atoms with van der Waals surface area (Å²) in [5.74, 6) is -1.12. The Morgan fingerprint density at radius 3 is 2.32 bits per heavy atom. The summed E-state index contributed by atoms with van der Waals surface area (Å²) >= 11 is 0. The van der Waals surface area contributed by atoms with E-state index in [1.807, 2.05) is 62.4 Å². The van der Waals surface area contributed by atoms with Crippen LogP contribution in [-0.2, 0) is 25.1 Å². The van der Waals surface area contributed by atoms with Gasteiger partial charge in [-0.25, -0.2) is 4.79 Å². The number of ether oxygens (including phenoxy) is 1. The minimum atomic E-state index is -1.53. The maximum absolute atomic E-state index is 14.0. The highest BCUT2D eigenvalue weighted by Crippen LogP contribution is 2.60. The molecule has 230 valence electrons.